The molecule has 0 bridgehead atoms. The first-order valence-corrected chi connectivity index (χ1v) is 7.36. The molecule has 3 unspecified atom stereocenters. The van der Waals surface area contributed by atoms with Crippen LogP contribution in [0.25, 0.3) is 0 Å². The van der Waals surface area contributed by atoms with Gasteiger partial charge in [-0.25, -0.2) is 0 Å². The molecule has 1 nitrogen and oxygen atoms in total. The Balaban J connectivity index is 1.90. The second kappa shape index (κ2) is 3.01. The minimum atomic E-state index is 0.239. The van der Waals surface area contributed by atoms with Crippen LogP contribution in [-0.2, 0) is 4.74 Å². The van der Waals surface area contributed by atoms with Crippen LogP contribution in [0.3, 0.4) is 0 Å². The molecule has 0 N–H and O–H groups in total. The van der Waals surface area contributed by atoms with Crippen molar-refractivity contribution in [2.45, 2.75) is 51.6 Å². The quantitative estimate of drug-likeness (QED) is 0.661. The van der Waals surface area contributed by atoms with E-state index in [0.717, 1.165) is 17.9 Å². The van der Waals surface area contributed by atoms with Crippen LogP contribution in [0.4, 0.5) is 0 Å². The van der Waals surface area contributed by atoms with E-state index in [-0.39, 0.29) is 5.60 Å². The van der Waals surface area contributed by atoms with Gasteiger partial charge >= 0.3 is 0 Å². The van der Waals surface area contributed by atoms with Crippen molar-refractivity contribution >= 4 is 15.9 Å². The van der Waals surface area contributed by atoms with Crippen LogP contribution in [0.1, 0.15) is 46.0 Å². The van der Waals surface area contributed by atoms with Gasteiger partial charge < -0.3 is 4.74 Å². The summed E-state index contributed by atoms with van der Waals surface area (Å²) in [5.41, 5.74) is 1.25. The summed E-state index contributed by atoms with van der Waals surface area (Å²) < 4.78 is 6.24. The van der Waals surface area contributed by atoms with E-state index in [1.54, 1.807) is 0 Å². The van der Waals surface area contributed by atoms with Crippen molar-refractivity contribution in [3.05, 3.63) is 0 Å². The molecule has 0 aromatic heterocycles. The Morgan fingerprint density at radius 3 is 2.73 bits per heavy atom. The lowest BCUT2D eigenvalue weighted by Gasteiger charge is -2.47. The molecule has 2 aliphatic carbocycles. The molecule has 2 saturated carbocycles. The molecule has 3 rings (SSSR count). The third-order valence-electron chi connectivity index (χ3n) is 5.14. The number of alkyl halides is 1. The Morgan fingerprint density at radius 2 is 2.13 bits per heavy atom. The van der Waals surface area contributed by atoms with E-state index >= 15 is 0 Å². The van der Waals surface area contributed by atoms with Gasteiger partial charge in [-0.3, -0.25) is 0 Å². The summed E-state index contributed by atoms with van der Waals surface area (Å²) >= 11 is 3.74. The molecular formula is C13H21BrO. The van der Waals surface area contributed by atoms with Gasteiger partial charge in [-0.05, 0) is 37.0 Å². The standard InChI is InChI=1S/C13H21BrO/c1-11(2)4-3-5-13(8-11)12(9-14)6-10(12)7-15-13/h10H,3-9H2,1-2H3. The lowest BCUT2D eigenvalue weighted by molar-refractivity contribution is -0.103. The summed E-state index contributed by atoms with van der Waals surface area (Å²) in [6.07, 6.45) is 6.73. The van der Waals surface area contributed by atoms with Crippen LogP contribution >= 0.6 is 15.9 Å². The van der Waals surface area contributed by atoms with Crippen molar-refractivity contribution in [2.75, 3.05) is 11.9 Å². The Labute approximate surface area is 101 Å². The van der Waals surface area contributed by atoms with Gasteiger partial charge in [-0.1, -0.05) is 36.2 Å². The van der Waals surface area contributed by atoms with Crippen molar-refractivity contribution in [3.8, 4) is 0 Å². The third-order valence-corrected chi connectivity index (χ3v) is 6.14. The average molecular weight is 273 g/mol. The molecule has 0 aromatic rings. The maximum Gasteiger partial charge on any atom is 0.0755 e. The number of fused-ring (bicyclic) bond motifs is 2. The minimum Gasteiger partial charge on any atom is -0.374 e. The monoisotopic (exact) mass is 272 g/mol. The van der Waals surface area contributed by atoms with Gasteiger partial charge in [-0.15, -0.1) is 0 Å². The molecule has 15 heavy (non-hydrogen) atoms. The van der Waals surface area contributed by atoms with Gasteiger partial charge in [0, 0.05) is 10.7 Å². The highest BCUT2D eigenvalue weighted by Crippen LogP contribution is 2.71. The molecule has 1 saturated heterocycles. The average Bonchev–Trinajstić information content (AvgIpc) is 2.83. The molecular weight excluding hydrogens is 252 g/mol. The molecule has 86 valence electrons. The Hall–Kier alpha value is 0.440. The lowest BCUT2D eigenvalue weighted by Crippen LogP contribution is -2.47. The Morgan fingerprint density at radius 1 is 1.33 bits per heavy atom. The summed E-state index contributed by atoms with van der Waals surface area (Å²) in [5.74, 6) is 0.866. The zero-order valence-corrected chi connectivity index (χ0v) is 11.4. The van der Waals surface area contributed by atoms with E-state index in [4.69, 9.17) is 4.74 Å². The van der Waals surface area contributed by atoms with Crippen LogP contribution in [-0.4, -0.2) is 17.5 Å². The topological polar surface area (TPSA) is 9.23 Å². The molecule has 3 atom stereocenters. The normalized spacial score (nSPS) is 51.8. The minimum absolute atomic E-state index is 0.239. The number of hydrogen-bond acceptors (Lipinski definition) is 1. The molecule has 1 aliphatic heterocycles. The predicted octanol–water partition coefficient (Wildman–Crippen LogP) is 3.76. The van der Waals surface area contributed by atoms with Crippen LogP contribution in [0.5, 0.6) is 0 Å². The number of ether oxygens (including phenoxy) is 1. The van der Waals surface area contributed by atoms with E-state index in [2.05, 4.69) is 29.8 Å². The van der Waals surface area contributed by atoms with Crippen molar-refractivity contribution in [3.63, 3.8) is 0 Å². The van der Waals surface area contributed by atoms with Crippen LogP contribution < -0.4 is 0 Å². The third kappa shape index (κ3) is 1.30. The van der Waals surface area contributed by atoms with E-state index in [1.807, 2.05) is 0 Å². The van der Waals surface area contributed by atoms with Gasteiger partial charge in [0.25, 0.3) is 0 Å². The number of rotatable bonds is 1. The van der Waals surface area contributed by atoms with E-state index in [9.17, 15) is 0 Å². The zero-order valence-electron chi connectivity index (χ0n) is 9.81. The summed E-state index contributed by atoms with van der Waals surface area (Å²) in [6.45, 7) is 5.85. The van der Waals surface area contributed by atoms with Crippen molar-refractivity contribution in [1.82, 2.24) is 0 Å². The first-order valence-electron chi connectivity index (χ1n) is 6.24. The van der Waals surface area contributed by atoms with Gasteiger partial charge in [0.2, 0.25) is 0 Å². The highest BCUT2D eigenvalue weighted by atomic mass is 79.9. The molecule has 0 aromatic carbocycles. The lowest BCUT2D eigenvalue weighted by atomic mass is 9.64. The fourth-order valence-electron chi connectivity index (χ4n) is 4.20. The first-order chi connectivity index (χ1) is 7.04. The van der Waals surface area contributed by atoms with E-state index in [1.165, 1.54) is 32.1 Å². The van der Waals surface area contributed by atoms with Gasteiger partial charge in [0.15, 0.2) is 0 Å². The van der Waals surface area contributed by atoms with Gasteiger partial charge in [0.05, 0.1) is 12.2 Å². The molecule has 1 heterocycles. The molecule has 0 radical (unpaired) electrons. The fourth-order valence-corrected chi connectivity index (χ4v) is 5.39. The molecule has 1 spiro atoms. The van der Waals surface area contributed by atoms with Gasteiger partial charge in [0.1, 0.15) is 0 Å². The summed E-state index contributed by atoms with van der Waals surface area (Å²) in [7, 11) is 0. The molecule has 3 fully saturated rings. The van der Waals surface area contributed by atoms with Crippen molar-refractivity contribution < 1.29 is 4.74 Å². The largest absolute Gasteiger partial charge is 0.374 e. The van der Waals surface area contributed by atoms with Gasteiger partial charge in [-0.2, -0.15) is 0 Å². The SMILES string of the molecule is CC1(C)CCCC2(C1)OCC1CC12CBr. The Bertz CT molecular complexity index is 284. The van der Waals surface area contributed by atoms with Crippen molar-refractivity contribution in [1.29, 1.82) is 0 Å². The first kappa shape index (κ1) is 10.6. The number of halogens is 1. The molecule has 0 amide bonds. The second-order valence-electron chi connectivity index (χ2n) is 6.69. The maximum atomic E-state index is 6.24. The smallest absolute Gasteiger partial charge is 0.0755 e. The predicted molar refractivity (Wildman–Crippen MR) is 65.3 cm³/mol. The molecule has 3 aliphatic rings. The summed E-state index contributed by atoms with van der Waals surface area (Å²) in [4.78, 5) is 0. The fraction of sp³-hybridized carbons (Fsp3) is 1.00. The summed E-state index contributed by atoms with van der Waals surface area (Å²) in [5, 5.41) is 1.15. The second-order valence-corrected chi connectivity index (χ2v) is 7.25. The van der Waals surface area contributed by atoms with E-state index < -0.39 is 0 Å². The van der Waals surface area contributed by atoms with Crippen LogP contribution in [0, 0.1) is 16.7 Å². The highest BCUT2D eigenvalue weighted by molar-refractivity contribution is 9.09. The zero-order chi connectivity index (χ0) is 10.7. The van der Waals surface area contributed by atoms with E-state index in [0.29, 0.717) is 10.8 Å². The van der Waals surface area contributed by atoms with Crippen molar-refractivity contribution in [2.24, 2.45) is 16.7 Å². The summed E-state index contributed by atoms with van der Waals surface area (Å²) in [6, 6.07) is 0. The highest BCUT2D eigenvalue weighted by Gasteiger charge is 2.71. The van der Waals surface area contributed by atoms with Crippen LogP contribution in [0.2, 0.25) is 0 Å². The molecule has 2 heteroatoms. The maximum absolute atomic E-state index is 6.24. The van der Waals surface area contributed by atoms with Crippen LogP contribution in [0.15, 0.2) is 0 Å². The number of hydrogen-bond donors (Lipinski definition) is 0. The Kier molecular flexibility index (Phi) is 2.12.